The molecule has 5 heteroatoms. The fourth-order valence-electron chi connectivity index (χ4n) is 3.35. The maximum absolute atomic E-state index is 12.4. The van der Waals surface area contributed by atoms with Crippen molar-refractivity contribution in [3.63, 3.8) is 0 Å². The zero-order valence-electron chi connectivity index (χ0n) is 14.8. The van der Waals surface area contributed by atoms with E-state index >= 15 is 0 Å². The Kier molecular flexibility index (Phi) is 6.48. The summed E-state index contributed by atoms with van der Waals surface area (Å²) in [6.45, 7) is 5.21. The van der Waals surface area contributed by atoms with Crippen molar-refractivity contribution in [1.82, 2.24) is 15.5 Å². The molecular weight excluding hydrogens is 330 g/mol. The standard InChI is InChI=1S/C20H27N3OS/c1-2-19(16-7-4-3-5-8-16)22-20(24)21-17-10-12-23(13-11-17)15-18-9-6-14-25-18/h3-9,14,17,19H,2,10-13,15H2,1H3,(H2,21,22,24)/t19-/m1/s1. The lowest BCUT2D eigenvalue weighted by Crippen LogP contribution is -2.48. The first-order valence-electron chi connectivity index (χ1n) is 9.11. The topological polar surface area (TPSA) is 44.4 Å². The zero-order chi connectivity index (χ0) is 17.5. The highest BCUT2D eigenvalue weighted by molar-refractivity contribution is 7.09. The molecule has 25 heavy (non-hydrogen) atoms. The number of benzene rings is 1. The number of rotatable bonds is 6. The Hall–Kier alpha value is -1.85. The first-order chi connectivity index (χ1) is 12.2. The third-order valence-corrected chi connectivity index (χ3v) is 5.66. The SMILES string of the molecule is CC[C@@H](NC(=O)NC1CCN(Cc2cccs2)CC1)c1ccccc1. The number of urea groups is 1. The Bertz CT molecular complexity index is 636. The van der Waals surface area contributed by atoms with Gasteiger partial charge in [0.05, 0.1) is 6.04 Å². The Balaban J connectivity index is 1.43. The second kappa shape index (κ2) is 9.02. The predicted octanol–water partition coefficient (Wildman–Crippen LogP) is 4.16. The molecule has 1 atom stereocenters. The molecule has 1 fully saturated rings. The normalized spacial score (nSPS) is 17.2. The maximum atomic E-state index is 12.4. The lowest BCUT2D eigenvalue weighted by atomic mass is 10.0. The number of hydrogen-bond acceptors (Lipinski definition) is 3. The molecule has 1 aromatic carbocycles. The summed E-state index contributed by atoms with van der Waals surface area (Å²) >= 11 is 1.81. The van der Waals surface area contributed by atoms with E-state index in [1.54, 1.807) is 0 Å². The van der Waals surface area contributed by atoms with Crippen LogP contribution in [0.1, 0.15) is 42.7 Å². The largest absolute Gasteiger partial charge is 0.335 e. The zero-order valence-corrected chi connectivity index (χ0v) is 15.6. The number of hydrogen-bond donors (Lipinski definition) is 2. The van der Waals surface area contributed by atoms with E-state index in [0.717, 1.165) is 44.5 Å². The molecular formula is C20H27N3OS. The van der Waals surface area contributed by atoms with Crippen molar-refractivity contribution in [2.75, 3.05) is 13.1 Å². The highest BCUT2D eigenvalue weighted by Crippen LogP contribution is 2.18. The molecule has 1 aliphatic rings. The molecule has 0 bridgehead atoms. The van der Waals surface area contributed by atoms with E-state index in [2.05, 4.69) is 52.1 Å². The molecule has 2 N–H and O–H groups in total. The van der Waals surface area contributed by atoms with Crippen LogP contribution in [-0.4, -0.2) is 30.1 Å². The fraction of sp³-hybridized carbons (Fsp3) is 0.450. The molecule has 3 rings (SSSR count). The summed E-state index contributed by atoms with van der Waals surface area (Å²) in [5.74, 6) is 0. The summed E-state index contributed by atoms with van der Waals surface area (Å²) in [6, 6.07) is 14.8. The number of nitrogens with one attached hydrogen (secondary N) is 2. The lowest BCUT2D eigenvalue weighted by molar-refractivity contribution is 0.186. The third kappa shape index (κ3) is 5.31. The molecule has 0 unspecified atom stereocenters. The molecule has 2 heterocycles. The summed E-state index contributed by atoms with van der Waals surface area (Å²) in [6.07, 6.45) is 2.92. The minimum Gasteiger partial charge on any atom is -0.335 e. The van der Waals surface area contributed by atoms with E-state index in [9.17, 15) is 4.79 Å². The molecule has 2 amide bonds. The summed E-state index contributed by atoms with van der Waals surface area (Å²) in [5, 5.41) is 8.40. The Morgan fingerprint density at radius 3 is 2.60 bits per heavy atom. The van der Waals surface area contributed by atoms with Crippen LogP contribution in [-0.2, 0) is 6.54 Å². The van der Waals surface area contributed by atoms with Crippen LogP contribution in [0, 0.1) is 0 Å². The summed E-state index contributed by atoms with van der Waals surface area (Å²) in [7, 11) is 0. The second-order valence-electron chi connectivity index (χ2n) is 6.62. The van der Waals surface area contributed by atoms with E-state index < -0.39 is 0 Å². The highest BCUT2D eigenvalue weighted by atomic mass is 32.1. The van der Waals surface area contributed by atoms with Crippen molar-refractivity contribution in [1.29, 1.82) is 0 Å². The third-order valence-electron chi connectivity index (χ3n) is 4.80. The number of carbonyl (C=O) groups excluding carboxylic acids is 1. The molecule has 0 spiro atoms. The van der Waals surface area contributed by atoms with E-state index in [1.807, 2.05) is 29.5 Å². The van der Waals surface area contributed by atoms with Crippen LogP contribution in [0.15, 0.2) is 47.8 Å². The van der Waals surface area contributed by atoms with Gasteiger partial charge in [0.15, 0.2) is 0 Å². The van der Waals surface area contributed by atoms with Crippen LogP contribution in [0.5, 0.6) is 0 Å². The number of carbonyl (C=O) groups is 1. The van der Waals surface area contributed by atoms with E-state index in [0.29, 0.717) is 0 Å². The van der Waals surface area contributed by atoms with Crippen molar-refractivity contribution >= 4 is 17.4 Å². The number of nitrogens with zero attached hydrogens (tertiary/aromatic N) is 1. The van der Waals surface area contributed by atoms with Gasteiger partial charge in [-0.15, -0.1) is 11.3 Å². The predicted molar refractivity (Wildman–Crippen MR) is 104 cm³/mol. The molecule has 2 aromatic rings. The summed E-state index contributed by atoms with van der Waals surface area (Å²) < 4.78 is 0. The minimum absolute atomic E-state index is 0.0487. The van der Waals surface area contributed by atoms with Crippen LogP contribution in [0.3, 0.4) is 0 Å². The van der Waals surface area contributed by atoms with Crippen molar-refractivity contribution in [3.8, 4) is 0 Å². The van der Waals surface area contributed by atoms with Gasteiger partial charge >= 0.3 is 6.03 Å². The molecule has 1 saturated heterocycles. The van der Waals surface area contributed by atoms with E-state index in [4.69, 9.17) is 0 Å². The van der Waals surface area contributed by atoms with Crippen LogP contribution in [0.4, 0.5) is 4.79 Å². The van der Waals surface area contributed by atoms with Crippen molar-refractivity contribution in [3.05, 3.63) is 58.3 Å². The molecule has 1 aliphatic heterocycles. The van der Waals surface area contributed by atoms with Crippen molar-refractivity contribution in [2.24, 2.45) is 0 Å². The van der Waals surface area contributed by atoms with Gasteiger partial charge in [0.25, 0.3) is 0 Å². The smallest absolute Gasteiger partial charge is 0.315 e. The first-order valence-corrected chi connectivity index (χ1v) is 9.99. The highest BCUT2D eigenvalue weighted by Gasteiger charge is 2.22. The first kappa shape index (κ1) is 18.0. The molecule has 4 nitrogen and oxygen atoms in total. The summed E-state index contributed by atoms with van der Waals surface area (Å²) in [5.41, 5.74) is 1.16. The van der Waals surface area contributed by atoms with Gasteiger partial charge in [-0.2, -0.15) is 0 Å². The van der Waals surface area contributed by atoms with Gasteiger partial charge in [-0.25, -0.2) is 4.79 Å². The Labute approximate surface area is 154 Å². The van der Waals surface area contributed by atoms with Gasteiger partial charge < -0.3 is 10.6 Å². The summed E-state index contributed by atoms with van der Waals surface area (Å²) in [4.78, 5) is 16.2. The van der Waals surface area contributed by atoms with Crippen LogP contribution in [0.25, 0.3) is 0 Å². The molecule has 0 radical (unpaired) electrons. The van der Waals surface area contributed by atoms with Gasteiger partial charge in [0, 0.05) is 30.6 Å². The van der Waals surface area contributed by atoms with Gasteiger partial charge in [-0.1, -0.05) is 43.3 Å². The van der Waals surface area contributed by atoms with Gasteiger partial charge in [0.1, 0.15) is 0 Å². The van der Waals surface area contributed by atoms with Crippen LogP contribution in [0.2, 0.25) is 0 Å². The van der Waals surface area contributed by atoms with Crippen molar-refractivity contribution < 1.29 is 4.79 Å². The van der Waals surface area contributed by atoms with E-state index in [1.165, 1.54) is 4.88 Å². The molecule has 0 aliphatic carbocycles. The molecule has 134 valence electrons. The second-order valence-corrected chi connectivity index (χ2v) is 7.65. The van der Waals surface area contributed by atoms with Gasteiger partial charge in [0.2, 0.25) is 0 Å². The van der Waals surface area contributed by atoms with Gasteiger partial charge in [-0.3, -0.25) is 4.90 Å². The number of thiophene rings is 1. The average Bonchev–Trinajstić information content (AvgIpc) is 3.15. The average molecular weight is 358 g/mol. The molecule has 0 saturated carbocycles. The maximum Gasteiger partial charge on any atom is 0.315 e. The Morgan fingerprint density at radius 1 is 1.20 bits per heavy atom. The van der Waals surface area contributed by atoms with Crippen LogP contribution >= 0.6 is 11.3 Å². The monoisotopic (exact) mass is 357 g/mol. The van der Waals surface area contributed by atoms with Gasteiger partial charge in [-0.05, 0) is 36.3 Å². The number of piperidine rings is 1. The minimum atomic E-state index is -0.0487. The molecule has 1 aromatic heterocycles. The Morgan fingerprint density at radius 2 is 1.96 bits per heavy atom. The quantitative estimate of drug-likeness (QED) is 0.815. The lowest BCUT2D eigenvalue weighted by Gasteiger charge is -2.32. The van der Waals surface area contributed by atoms with E-state index in [-0.39, 0.29) is 18.1 Å². The number of likely N-dealkylation sites (tertiary alicyclic amines) is 1. The number of amides is 2. The fourth-order valence-corrected chi connectivity index (χ4v) is 4.10. The van der Waals surface area contributed by atoms with Crippen LogP contribution < -0.4 is 10.6 Å². The van der Waals surface area contributed by atoms with Crippen molar-refractivity contribution in [2.45, 2.75) is 44.8 Å².